The van der Waals surface area contributed by atoms with Crippen LogP contribution in [0.3, 0.4) is 0 Å². The van der Waals surface area contributed by atoms with E-state index in [4.69, 9.17) is 9.47 Å². The molecule has 3 N–H and O–H groups in total. The number of carbonyl (C=O) groups is 3. The second kappa shape index (κ2) is 10.9. The average Bonchev–Trinajstić information content (AvgIpc) is 3.53. The number of carboxylic acid groups (broad SMARTS) is 1. The molecule has 0 unspecified atom stereocenters. The summed E-state index contributed by atoms with van der Waals surface area (Å²) in [4.78, 5) is 38.7. The van der Waals surface area contributed by atoms with Crippen LogP contribution in [0.15, 0.2) is 12.1 Å². The van der Waals surface area contributed by atoms with Crippen molar-refractivity contribution in [3.05, 3.63) is 23.3 Å². The predicted molar refractivity (Wildman–Crippen MR) is 147 cm³/mol. The standard InChI is InChI=1S/C31H41N3O6/c1-30(9-4-10-30)17-33-28(36)24-18-5-6-19(13-18)25(24)34-27(35)23-15-22(14-20(16-32)26(23)39-3)40-21-7-11-31(2,12-8-21)29(37)38/h14-15,18-19,21,24-25H,4-13,17H2,1-3H3,(H,33,36)(H,34,35)(H,37,38)/t18-,19+,21?,24+,25-,31?/m1/s1. The van der Waals surface area contributed by atoms with Gasteiger partial charge in [0, 0.05) is 18.7 Å². The third-order valence-electron chi connectivity index (χ3n) is 10.3. The number of benzene rings is 1. The number of ether oxygens (including phenoxy) is 2. The fourth-order valence-corrected chi connectivity index (χ4v) is 7.38. The van der Waals surface area contributed by atoms with E-state index in [1.54, 1.807) is 19.1 Å². The Labute approximate surface area is 236 Å². The van der Waals surface area contributed by atoms with Gasteiger partial charge in [-0.1, -0.05) is 13.3 Å². The first-order valence-corrected chi connectivity index (χ1v) is 14.7. The molecule has 0 spiro atoms. The molecular formula is C31H41N3O6. The highest BCUT2D eigenvalue weighted by atomic mass is 16.5. The highest BCUT2D eigenvalue weighted by Crippen LogP contribution is 2.49. The Kier molecular flexibility index (Phi) is 7.73. The quantitative estimate of drug-likeness (QED) is 0.413. The van der Waals surface area contributed by atoms with Crippen LogP contribution in [0.2, 0.25) is 0 Å². The summed E-state index contributed by atoms with van der Waals surface area (Å²) in [6, 6.07) is 5.00. The lowest BCUT2D eigenvalue weighted by Crippen LogP contribution is -2.51. The van der Waals surface area contributed by atoms with E-state index in [1.807, 2.05) is 0 Å². The molecule has 1 aromatic rings. The van der Waals surface area contributed by atoms with Crippen molar-refractivity contribution in [3.8, 4) is 17.6 Å². The molecule has 0 radical (unpaired) electrons. The number of fused-ring (bicyclic) bond motifs is 2. The molecule has 0 aliphatic heterocycles. The molecular weight excluding hydrogens is 510 g/mol. The number of aliphatic carboxylic acids is 1. The van der Waals surface area contributed by atoms with Crippen LogP contribution >= 0.6 is 0 Å². The van der Waals surface area contributed by atoms with Gasteiger partial charge >= 0.3 is 5.97 Å². The van der Waals surface area contributed by atoms with Gasteiger partial charge in [0.05, 0.1) is 35.7 Å². The molecule has 5 rings (SSSR count). The zero-order chi connectivity index (χ0) is 28.7. The average molecular weight is 552 g/mol. The zero-order valence-electron chi connectivity index (χ0n) is 23.8. The van der Waals surface area contributed by atoms with Gasteiger partial charge in [0.15, 0.2) is 0 Å². The zero-order valence-corrected chi connectivity index (χ0v) is 23.8. The molecule has 9 heteroatoms. The van der Waals surface area contributed by atoms with Gasteiger partial charge in [-0.3, -0.25) is 14.4 Å². The summed E-state index contributed by atoms with van der Waals surface area (Å²) in [6.07, 6.45) is 8.29. The van der Waals surface area contributed by atoms with E-state index in [9.17, 15) is 24.8 Å². The van der Waals surface area contributed by atoms with Crippen molar-refractivity contribution in [3.63, 3.8) is 0 Å². The van der Waals surface area contributed by atoms with Crippen molar-refractivity contribution >= 4 is 17.8 Å². The third kappa shape index (κ3) is 5.37. The van der Waals surface area contributed by atoms with Gasteiger partial charge in [0.2, 0.25) is 5.91 Å². The summed E-state index contributed by atoms with van der Waals surface area (Å²) in [7, 11) is 1.43. The monoisotopic (exact) mass is 551 g/mol. The molecule has 0 heterocycles. The minimum atomic E-state index is -0.800. The lowest BCUT2D eigenvalue weighted by atomic mass is 9.70. The largest absolute Gasteiger partial charge is 0.495 e. The Balaban J connectivity index is 1.31. The predicted octanol–water partition coefficient (Wildman–Crippen LogP) is 4.43. The number of hydrogen-bond acceptors (Lipinski definition) is 6. The molecule has 4 saturated carbocycles. The van der Waals surface area contributed by atoms with Crippen molar-refractivity contribution < 1.29 is 29.0 Å². The maximum absolute atomic E-state index is 13.7. The van der Waals surface area contributed by atoms with E-state index in [-0.39, 0.29) is 64.0 Å². The summed E-state index contributed by atoms with van der Waals surface area (Å²) in [5.41, 5.74) is -0.196. The Morgan fingerprint density at radius 2 is 1.77 bits per heavy atom. The normalized spacial score (nSPS) is 31.9. The van der Waals surface area contributed by atoms with Crippen LogP contribution in [0.4, 0.5) is 0 Å². The van der Waals surface area contributed by atoms with Crippen molar-refractivity contribution in [2.75, 3.05) is 13.7 Å². The summed E-state index contributed by atoms with van der Waals surface area (Å²) < 4.78 is 11.7. The first-order chi connectivity index (χ1) is 19.1. The van der Waals surface area contributed by atoms with Crippen molar-refractivity contribution in [2.45, 2.75) is 90.2 Å². The van der Waals surface area contributed by atoms with Crippen LogP contribution in [0, 0.1) is 39.9 Å². The van der Waals surface area contributed by atoms with E-state index < -0.39 is 11.4 Å². The van der Waals surface area contributed by atoms with E-state index >= 15 is 0 Å². The molecule has 4 aliphatic carbocycles. The number of rotatable bonds is 9. The fourth-order valence-electron chi connectivity index (χ4n) is 7.38. The second-order valence-corrected chi connectivity index (χ2v) is 13.1. The number of carbonyl (C=O) groups excluding carboxylic acids is 2. The number of amides is 2. The van der Waals surface area contributed by atoms with Crippen LogP contribution in [-0.2, 0) is 9.59 Å². The van der Waals surface area contributed by atoms with Crippen molar-refractivity contribution in [2.24, 2.45) is 28.6 Å². The number of nitrogens with one attached hydrogen (secondary N) is 2. The maximum Gasteiger partial charge on any atom is 0.309 e. The fraction of sp³-hybridized carbons (Fsp3) is 0.677. The highest BCUT2D eigenvalue weighted by Gasteiger charge is 2.52. The van der Waals surface area contributed by atoms with Crippen LogP contribution < -0.4 is 20.1 Å². The van der Waals surface area contributed by atoms with E-state index in [1.165, 1.54) is 13.5 Å². The molecule has 4 atom stereocenters. The topological polar surface area (TPSA) is 138 Å². The third-order valence-corrected chi connectivity index (χ3v) is 10.3. The number of hydrogen-bond donors (Lipinski definition) is 3. The first kappa shape index (κ1) is 28.3. The van der Waals surface area contributed by atoms with Crippen molar-refractivity contribution in [1.29, 1.82) is 5.26 Å². The molecule has 4 aliphatic rings. The highest BCUT2D eigenvalue weighted by molar-refractivity contribution is 5.99. The Morgan fingerprint density at radius 3 is 2.38 bits per heavy atom. The lowest BCUT2D eigenvalue weighted by Gasteiger charge is -2.39. The van der Waals surface area contributed by atoms with E-state index in [0.29, 0.717) is 38.0 Å². The van der Waals surface area contributed by atoms with E-state index in [0.717, 1.165) is 32.1 Å². The molecule has 216 valence electrons. The van der Waals surface area contributed by atoms with E-state index in [2.05, 4.69) is 23.6 Å². The number of carboxylic acids is 1. The van der Waals surface area contributed by atoms with Gasteiger partial charge in [-0.05, 0) is 88.0 Å². The Hall–Kier alpha value is -3.28. The maximum atomic E-state index is 13.7. The Bertz CT molecular complexity index is 1210. The van der Waals surface area contributed by atoms with Gasteiger partial charge in [0.25, 0.3) is 5.91 Å². The Morgan fingerprint density at radius 1 is 1.07 bits per heavy atom. The first-order valence-electron chi connectivity index (χ1n) is 14.7. The summed E-state index contributed by atoms with van der Waals surface area (Å²) in [5, 5.41) is 25.7. The molecule has 2 bridgehead atoms. The van der Waals surface area contributed by atoms with Crippen molar-refractivity contribution in [1.82, 2.24) is 10.6 Å². The van der Waals surface area contributed by atoms with Crippen LogP contribution in [0.25, 0.3) is 0 Å². The number of nitrogens with zero attached hydrogens (tertiary/aromatic N) is 1. The van der Waals surface area contributed by atoms with Gasteiger partial charge < -0.3 is 25.2 Å². The minimum absolute atomic E-state index is 0.0260. The summed E-state index contributed by atoms with van der Waals surface area (Å²) in [5.74, 6) is -0.364. The summed E-state index contributed by atoms with van der Waals surface area (Å²) >= 11 is 0. The van der Waals surface area contributed by atoms with Crippen LogP contribution in [0.1, 0.15) is 94.0 Å². The lowest BCUT2D eigenvalue weighted by molar-refractivity contribution is -0.150. The molecule has 2 amide bonds. The molecule has 0 aromatic heterocycles. The van der Waals surface area contributed by atoms with Crippen LogP contribution in [0.5, 0.6) is 11.5 Å². The molecule has 0 saturated heterocycles. The SMILES string of the molecule is COc1c(C#N)cc(OC2CCC(C)(C(=O)O)CC2)cc1C(=O)N[C@@H]1[C@H]2CC[C@H](C2)[C@@H]1C(=O)NCC1(C)CCC1. The minimum Gasteiger partial charge on any atom is -0.495 e. The van der Waals surface area contributed by atoms with Gasteiger partial charge in [-0.25, -0.2) is 0 Å². The number of methoxy groups -OCH3 is 1. The second-order valence-electron chi connectivity index (χ2n) is 13.1. The molecule has 4 fully saturated rings. The van der Waals surface area contributed by atoms with Crippen LogP contribution in [-0.4, -0.2) is 48.7 Å². The smallest absolute Gasteiger partial charge is 0.309 e. The summed E-state index contributed by atoms with van der Waals surface area (Å²) in [6.45, 7) is 4.64. The molecule has 9 nitrogen and oxygen atoms in total. The molecule has 40 heavy (non-hydrogen) atoms. The van der Waals surface area contributed by atoms with Gasteiger partial charge in [-0.2, -0.15) is 5.26 Å². The number of nitriles is 1. The van der Waals surface area contributed by atoms with Gasteiger partial charge in [0.1, 0.15) is 17.6 Å². The van der Waals surface area contributed by atoms with Gasteiger partial charge in [-0.15, -0.1) is 0 Å². The molecule has 1 aromatic carbocycles.